The molecule has 84 valence electrons. The van der Waals surface area contributed by atoms with Gasteiger partial charge in [-0.25, -0.2) is 0 Å². The van der Waals surface area contributed by atoms with Crippen LogP contribution in [0.4, 0.5) is 5.69 Å². The summed E-state index contributed by atoms with van der Waals surface area (Å²) in [5.41, 5.74) is 3.96. The SMILES string of the molecule is Brc1ccc2c(c1)N(Cc1c[n]([Tl])cn1)CC2. The number of aromatic nitrogens is 2. The second kappa shape index (κ2) is 4.72. The van der Waals surface area contributed by atoms with Crippen LogP contribution in [0.5, 0.6) is 0 Å². The molecular weight excluding hydrogens is 470 g/mol. The van der Waals surface area contributed by atoms with Crippen LogP contribution in [-0.4, -0.2) is 40.0 Å². The predicted molar refractivity (Wildman–Crippen MR) is 72.3 cm³/mol. The summed E-state index contributed by atoms with van der Waals surface area (Å²) in [4.78, 5) is 6.84. The van der Waals surface area contributed by atoms with E-state index in [1.165, 1.54) is 16.9 Å². The van der Waals surface area contributed by atoms with E-state index >= 15 is 0 Å². The van der Waals surface area contributed by atoms with Crippen LogP contribution >= 0.6 is 15.9 Å². The monoisotopic (exact) mass is 481 g/mol. The van der Waals surface area contributed by atoms with Crippen LogP contribution in [0.15, 0.2) is 35.2 Å². The van der Waals surface area contributed by atoms with E-state index in [-0.39, 0.29) is 0 Å². The van der Waals surface area contributed by atoms with Crippen molar-refractivity contribution in [1.29, 1.82) is 0 Å². The molecule has 1 aromatic heterocycles. The van der Waals surface area contributed by atoms with Gasteiger partial charge in [-0.1, -0.05) is 0 Å². The van der Waals surface area contributed by atoms with Crippen molar-refractivity contribution in [2.45, 2.75) is 13.0 Å². The quantitative estimate of drug-likeness (QED) is 0.613. The molecule has 2 heterocycles. The van der Waals surface area contributed by atoms with Crippen molar-refractivity contribution in [3.05, 3.63) is 46.5 Å². The Morgan fingerprint density at radius 2 is 2.29 bits per heavy atom. The number of fused-ring (bicyclic) bond motifs is 1. The molecule has 0 amide bonds. The second-order valence-corrected chi connectivity index (χ2v) is 7.49. The molecule has 0 fully saturated rings. The predicted octanol–water partition coefficient (Wildman–Crippen LogP) is 2.14. The van der Waals surface area contributed by atoms with Crippen LogP contribution in [0.3, 0.4) is 0 Å². The fourth-order valence-electron chi connectivity index (χ4n) is 2.24. The van der Waals surface area contributed by atoms with Crippen LogP contribution in [-0.2, 0) is 13.0 Å². The van der Waals surface area contributed by atoms with Gasteiger partial charge >= 0.3 is 126 Å². The Balaban J connectivity index is 1.86. The van der Waals surface area contributed by atoms with Gasteiger partial charge in [0, 0.05) is 0 Å². The molecule has 0 saturated carbocycles. The maximum absolute atomic E-state index is 4.43. The van der Waals surface area contributed by atoms with Crippen molar-refractivity contribution in [3.63, 3.8) is 0 Å². The van der Waals surface area contributed by atoms with Crippen molar-refractivity contribution in [2.24, 2.45) is 0 Å². The molecule has 3 nitrogen and oxygen atoms in total. The maximum atomic E-state index is 4.43. The second-order valence-electron chi connectivity index (χ2n) is 4.26. The Morgan fingerprint density at radius 1 is 1.41 bits per heavy atom. The molecule has 3 rings (SSSR count). The third kappa shape index (κ3) is 2.42. The van der Waals surface area contributed by atoms with E-state index in [9.17, 15) is 0 Å². The Kier molecular flexibility index (Phi) is 3.25. The van der Waals surface area contributed by atoms with Crippen LogP contribution < -0.4 is 4.90 Å². The first kappa shape index (κ1) is 11.7. The third-order valence-corrected chi connectivity index (χ3v) is 4.64. The Labute approximate surface area is 125 Å². The van der Waals surface area contributed by atoms with Crippen LogP contribution in [0.1, 0.15) is 11.3 Å². The van der Waals surface area contributed by atoms with Crippen LogP contribution in [0.25, 0.3) is 0 Å². The Morgan fingerprint density at radius 3 is 3.06 bits per heavy atom. The number of benzene rings is 1. The van der Waals surface area contributed by atoms with E-state index in [1.807, 2.05) is 6.33 Å². The third-order valence-electron chi connectivity index (χ3n) is 3.05. The fraction of sp³-hybridized carbons (Fsp3) is 0.250. The number of anilines is 1. The summed E-state index contributed by atoms with van der Waals surface area (Å²) in [6, 6.07) is 6.55. The molecule has 0 unspecified atom stereocenters. The van der Waals surface area contributed by atoms with Crippen molar-refractivity contribution in [2.75, 3.05) is 11.4 Å². The summed E-state index contributed by atoms with van der Waals surface area (Å²) >= 11 is 4.35. The molecule has 5 heteroatoms. The van der Waals surface area contributed by atoms with Crippen molar-refractivity contribution in [3.8, 4) is 0 Å². The molecule has 0 bridgehead atoms. The molecule has 2 aromatic rings. The molecule has 1 aliphatic rings. The summed E-state index contributed by atoms with van der Waals surface area (Å²) in [6.45, 7) is 2.02. The van der Waals surface area contributed by atoms with Gasteiger partial charge in [0.25, 0.3) is 0 Å². The summed E-state index contributed by atoms with van der Waals surface area (Å²) in [5.74, 6) is 0. The van der Waals surface area contributed by atoms with Gasteiger partial charge < -0.3 is 0 Å². The first-order chi connectivity index (χ1) is 8.22. The molecule has 0 N–H and O–H groups in total. The molecule has 17 heavy (non-hydrogen) atoms. The standard InChI is InChI=1S/C12H11BrN3.Tl/c13-10-2-1-9-3-4-16(12(9)5-10)7-11-6-14-8-15-11;/h1-2,5-6,8H,3-4,7H2;/q-1;+1. The molecule has 0 atom stereocenters. The fourth-order valence-corrected chi connectivity index (χ4v) is 3.52. The van der Waals surface area contributed by atoms with Crippen LogP contribution in [0.2, 0.25) is 0 Å². The van der Waals surface area contributed by atoms with Gasteiger partial charge in [0.1, 0.15) is 0 Å². The molecule has 0 radical (unpaired) electrons. The van der Waals surface area contributed by atoms with Gasteiger partial charge in [-0.3, -0.25) is 0 Å². The van der Waals surface area contributed by atoms with E-state index < -0.39 is 0 Å². The van der Waals surface area contributed by atoms with Gasteiger partial charge in [0.05, 0.1) is 0 Å². The van der Waals surface area contributed by atoms with Crippen molar-refractivity contribution < 1.29 is 0 Å². The molecule has 1 aromatic carbocycles. The zero-order chi connectivity index (χ0) is 11.8. The Bertz CT molecular complexity index is 552. The number of hydrogen-bond donors (Lipinski definition) is 0. The normalized spacial score (nSPS) is 14.0. The van der Waals surface area contributed by atoms with Gasteiger partial charge in [-0.2, -0.15) is 0 Å². The molecular formula is C12H11BrN3Tl. The summed E-state index contributed by atoms with van der Waals surface area (Å²) < 4.78 is 3.31. The van der Waals surface area contributed by atoms with Crippen molar-refractivity contribution in [1.82, 2.24) is 7.36 Å². The number of hydrogen-bond acceptors (Lipinski definition) is 2. The minimum absolute atomic E-state index is 0.807. The summed E-state index contributed by atoms with van der Waals surface area (Å²) in [7, 11) is 0. The van der Waals surface area contributed by atoms with E-state index in [2.05, 4.69) is 52.6 Å². The first-order valence-corrected chi connectivity index (χ1v) is 8.34. The molecule has 0 spiro atoms. The zero-order valence-corrected chi connectivity index (χ0v) is 15.4. The summed E-state index contributed by atoms with van der Waals surface area (Å²) in [6.07, 6.45) is 5.23. The number of nitrogens with zero attached hydrogens (tertiary/aromatic N) is 3. The van der Waals surface area contributed by atoms with E-state index in [0.717, 1.165) is 50.0 Å². The molecule has 0 aliphatic carbocycles. The number of rotatable bonds is 2. The number of imidazole rings is 1. The van der Waals surface area contributed by atoms with Gasteiger partial charge in [-0.05, 0) is 0 Å². The van der Waals surface area contributed by atoms with Crippen LogP contribution in [0, 0.1) is 0 Å². The first-order valence-electron chi connectivity index (χ1n) is 5.54. The topological polar surface area (TPSA) is 21.1 Å². The van der Waals surface area contributed by atoms with Crippen molar-refractivity contribution >= 4 is 47.7 Å². The number of halogens is 1. The minimum atomic E-state index is 0.807. The van der Waals surface area contributed by atoms with Gasteiger partial charge in [-0.15, -0.1) is 0 Å². The average molecular weight is 482 g/mol. The molecule has 1 aliphatic heterocycles. The van der Waals surface area contributed by atoms with Gasteiger partial charge in [0.15, 0.2) is 0 Å². The summed E-state index contributed by atoms with van der Waals surface area (Å²) in [5, 5.41) is 0. The van der Waals surface area contributed by atoms with E-state index in [0.29, 0.717) is 0 Å². The molecule has 0 saturated heterocycles. The zero-order valence-electron chi connectivity index (χ0n) is 9.31. The average Bonchev–Trinajstić information content (AvgIpc) is 2.87. The van der Waals surface area contributed by atoms with E-state index in [4.69, 9.17) is 0 Å². The van der Waals surface area contributed by atoms with E-state index in [1.54, 1.807) is 0 Å². The van der Waals surface area contributed by atoms with Gasteiger partial charge in [0.2, 0.25) is 0 Å². The Hall–Kier alpha value is -0.368.